The number of hydrogen-bond acceptors (Lipinski definition) is 7. The molecule has 0 saturated carbocycles. The molecule has 2 aromatic heterocycles. The van der Waals surface area contributed by atoms with Gasteiger partial charge in [-0.3, -0.25) is 19.6 Å². The van der Waals surface area contributed by atoms with Gasteiger partial charge in [0.05, 0.1) is 18.6 Å². The van der Waals surface area contributed by atoms with Gasteiger partial charge in [-0.25, -0.2) is 4.79 Å². The molecular formula is C13H14N4O6. The number of carbonyl (C=O) groups is 2. The molecule has 0 fully saturated rings. The molecule has 0 spiro atoms. The average molecular weight is 322 g/mol. The van der Waals surface area contributed by atoms with E-state index in [1.807, 2.05) is 0 Å². The van der Waals surface area contributed by atoms with Crippen molar-refractivity contribution >= 4 is 17.6 Å². The zero-order valence-corrected chi connectivity index (χ0v) is 12.7. The number of esters is 1. The number of carbonyl (C=O) groups excluding carboxylic acids is 2. The number of amides is 1. The summed E-state index contributed by atoms with van der Waals surface area (Å²) >= 11 is 0. The SMILES string of the molecule is COC(=O)c1cc(CNC(=O)c2c([N+](=O)[O-])cnn2C)oc1C. The fourth-order valence-corrected chi connectivity index (χ4v) is 2.02. The molecule has 0 atom stereocenters. The lowest BCUT2D eigenvalue weighted by atomic mass is 10.2. The third kappa shape index (κ3) is 3.20. The molecule has 0 unspecified atom stereocenters. The van der Waals surface area contributed by atoms with Gasteiger partial charge in [0.2, 0.25) is 5.69 Å². The molecule has 0 bridgehead atoms. The Morgan fingerprint density at radius 2 is 2.22 bits per heavy atom. The second kappa shape index (κ2) is 6.30. The third-order valence-corrected chi connectivity index (χ3v) is 3.13. The van der Waals surface area contributed by atoms with E-state index in [9.17, 15) is 19.7 Å². The molecule has 10 nitrogen and oxygen atoms in total. The Bertz CT molecular complexity index is 776. The first-order valence-electron chi connectivity index (χ1n) is 6.47. The van der Waals surface area contributed by atoms with Crippen molar-refractivity contribution in [1.29, 1.82) is 0 Å². The Kier molecular flexibility index (Phi) is 4.44. The Morgan fingerprint density at radius 3 is 2.83 bits per heavy atom. The largest absolute Gasteiger partial charge is 0.465 e. The van der Waals surface area contributed by atoms with E-state index >= 15 is 0 Å². The van der Waals surface area contributed by atoms with E-state index in [1.165, 1.54) is 20.2 Å². The van der Waals surface area contributed by atoms with Crippen molar-refractivity contribution in [3.8, 4) is 0 Å². The summed E-state index contributed by atoms with van der Waals surface area (Å²) in [7, 11) is 2.67. The summed E-state index contributed by atoms with van der Waals surface area (Å²) in [6.45, 7) is 1.54. The minimum Gasteiger partial charge on any atom is -0.465 e. The van der Waals surface area contributed by atoms with Crippen molar-refractivity contribution in [3.05, 3.63) is 45.2 Å². The highest BCUT2D eigenvalue weighted by molar-refractivity contribution is 5.96. The molecule has 0 saturated heterocycles. The van der Waals surface area contributed by atoms with Crippen molar-refractivity contribution in [1.82, 2.24) is 15.1 Å². The van der Waals surface area contributed by atoms with Gasteiger partial charge < -0.3 is 14.5 Å². The predicted octanol–water partition coefficient (Wildman–Crippen LogP) is 0.946. The van der Waals surface area contributed by atoms with E-state index < -0.39 is 22.5 Å². The van der Waals surface area contributed by atoms with Gasteiger partial charge in [-0.15, -0.1) is 0 Å². The Labute approximate surface area is 130 Å². The lowest BCUT2D eigenvalue weighted by Gasteiger charge is -2.03. The lowest BCUT2D eigenvalue weighted by Crippen LogP contribution is -2.25. The van der Waals surface area contributed by atoms with Crippen LogP contribution in [-0.4, -0.2) is 33.7 Å². The molecule has 2 rings (SSSR count). The van der Waals surface area contributed by atoms with Crippen LogP contribution in [0.1, 0.15) is 32.4 Å². The number of hydrogen-bond donors (Lipinski definition) is 1. The number of rotatable bonds is 5. The fourth-order valence-electron chi connectivity index (χ4n) is 2.02. The van der Waals surface area contributed by atoms with Crippen LogP contribution >= 0.6 is 0 Å². The van der Waals surface area contributed by atoms with Crippen molar-refractivity contribution in [3.63, 3.8) is 0 Å². The average Bonchev–Trinajstić information content (AvgIpc) is 3.07. The molecule has 23 heavy (non-hydrogen) atoms. The molecule has 0 aliphatic carbocycles. The Morgan fingerprint density at radius 1 is 1.52 bits per heavy atom. The maximum absolute atomic E-state index is 12.1. The molecule has 2 aromatic rings. The van der Waals surface area contributed by atoms with Crippen LogP contribution in [0.25, 0.3) is 0 Å². The molecule has 122 valence electrons. The number of nitro groups is 1. The molecular weight excluding hydrogens is 308 g/mol. The van der Waals surface area contributed by atoms with Crippen LogP contribution in [-0.2, 0) is 18.3 Å². The third-order valence-electron chi connectivity index (χ3n) is 3.13. The first-order chi connectivity index (χ1) is 10.8. The summed E-state index contributed by atoms with van der Waals surface area (Å²) in [6.07, 6.45) is 1.00. The normalized spacial score (nSPS) is 10.4. The molecule has 1 N–H and O–H groups in total. The minimum atomic E-state index is -0.686. The number of nitrogens with one attached hydrogen (secondary N) is 1. The monoisotopic (exact) mass is 322 g/mol. The van der Waals surface area contributed by atoms with Crippen molar-refractivity contribution in [2.75, 3.05) is 7.11 Å². The quantitative estimate of drug-likeness (QED) is 0.492. The number of aromatic nitrogens is 2. The molecule has 2 heterocycles. The van der Waals surface area contributed by atoms with Crippen molar-refractivity contribution in [2.24, 2.45) is 7.05 Å². The van der Waals surface area contributed by atoms with Crippen LogP contribution in [0.2, 0.25) is 0 Å². The second-order valence-corrected chi connectivity index (χ2v) is 4.62. The first kappa shape index (κ1) is 16.2. The van der Waals surface area contributed by atoms with Gasteiger partial charge in [0.1, 0.15) is 23.3 Å². The minimum absolute atomic E-state index is 0.0427. The molecule has 0 radical (unpaired) electrons. The summed E-state index contributed by atoms with van der Waals surface area (Å²) in [5.74, 6) is -0.551. The van der Waals surface area contributed by atoms with Crippen LogP contribution < -0.4 is 5.32 Å². The highest BCUT2D eigenvalue weighted by Gasteiger charge is 2.25. The van der Waals surface area contributed by atoms with E-state index in [0.717, 1.165) is 10.9 Å². The van der Waals surface area contributed by atoms with E-state index in [0.29, 0.717) is 11.5 Å². The van der Waals surface area contributed by atoms with Gasteiger partial charge in [0.15, 0.2) is 0 Å². The topological polar surface area (TPSA) is 130 Å². The summed E-state index contributed by atoms with van der Waals surface area (Å²) in [4.78, 5) is 33.8. The number of methoxy groups -OCH3 is 1. The smallest absolute Gasteiger partial charge is 0.341 e. The molecule has 0 aliphatic heterocycles. The predicted molar refractivity (Wildman–Crippen MR) is 75.8 cm³/mol. The van der Waals surface area contributed by atoms with Gasteiger partial charge >= 0.3 is 11.7 Å². The van der Waals surface area contributed by atoms with Gasteiger partial charge in [0.25, 0.3) is 5.91 Å². The zero-order valence-electron chi connectivity index (χ0n) is 12.7. The summed E-state index contributed by atoms with van der Waals surface area (Å²) in [5, 5.41) is 17.1. The van der Waals surface area contributed by atoms with Crippen LogP contribution in [0, 0.1) is 17.0 Å². The summed E-state index contributed by atoms with van der Waals surface area (Å²) < 4.78 is 11.1. The maximum Gasteiger partial charge on any atom is 0.341 e. The first-order valence-corrected chi connectivity index (χ1v) is 6.47. The summed E-state index contributed by atoms with van der Waals surface area (Å²) in [5.41, 5.74) is -0.314. The highest BCUT2D eigenvalue weighted by atomic mass is 16.6. The van der Waals surface area contributed by atoms with Crippen LogP contribution in [0.3, 0.4) is 0 Å². The number of furan rings is 1. The van der Waals surface area contributed by atoms with E-state index in [2.05, 4.69) is 15.2 Å². The van der Waals surface area contributed by atoms with Gasteiger partial charge in [-0.2, -0.15) is 5.10 Å². The molecule has 0 aliphatic rings. The maximum atomic E-state index is 12.1. The Hall–Kier alpha value is -3.17. The van der Waals surface area contributed by atoms with Gasteiger partial charge in [0, 0.05) is 7.05 Å². The van der Waals surface area contributed by atoms with Gasteiger partial charge in [-0.05, 0) is 13.0 Å². The van der Waals surface area contributed by atoms with Gasteiger partial charge in [-0.1, -0.05) is 0 Å². The number of ether oxygens (including phenoxy) is 1. The molecule has 10 heteroatoms. The standard InChI is InChI=1S/C13H14N4O6/c1-7-9(13(19)22-3)4-8(23-7)5-14-12(18)11-10(17(20)21)6-15-16(11)2/h4,6H,5H2,1-3H3,(H,14,18). The van der Waals surface area contributed by atoms with Crippen molar-refractivity contribution < 1.29 is 23.7 Å². The fraction of sp³-hybridized carbons (Fsp3) is 0.308. The molecule has 0 aromatic carbocycles. The highest BCUT2D eigenvalue weighted by Crippen LogP contribution is 2.18. The Balaban J connectivity index is 2.13. The summed E-state index contributed by atoms with van der Waals surface area (Å²) in [6, 6.07) is 1.44. The number of aryl methyl sites for hydroxylation is 2. The van der Waals surface area contributed by atoms with Crippen molar-refractivity contribution in [2.45, 2.75) is 13.5 Å². The van der Waals surface area contributed by atoms with Crippen LogP contribution in [0.15, 0.2) is 16.7 Å². The van der Waals surface area contributed by atoms with E-state index in [4.69, 9.17) is 4.42 Å². The number of nitrogens with zero attached hydrogens (tertiary/aromatic N) is 3. The lowest BCUT2D eigenvalue weighted by molar-refractivity contribution is -0.385. The molecule has 1 amide bonds. The van der Waals surface area contributed by atoms with Crippen LogP contribution in [0.4, 0.5) is 5.69 Å². The van der Waals surface area contributed by atoms with E-state index in [-0.39, 0.29) is 17.8 Å². The zero-order chi connectivity index (χ0) is 17.1. The van der Waals surface area contributed by atoms with E-state index in [1.54, 1.807) is 6.92 Å². The second-order valence-electron chi connectivity index (χ2n) is 4.62. The van der Waals surface area contributed by atoms with Crippen LogP contribution in [0.5, 0.6) is 0 Å².